The first-order chi connectivity index (χ1) is 8.44. The zero-order valence-electron chi connectivity index (χ0n) is 12.3. The van der Waals surface area contributed by atoms with Gasteiger partial charge in [0.25, 0.3) is 0 Å². The van der Waals surface area contributed by atoms with Gasteiger partial charge in [-0.1, -0.05) is 13.3 Å². The van der Waals surface area contributed by atoms with Crippen LogP contribution in [0.2, 0.25) is 0 Å². The number of nitrogens with one attached hydrogen (secondary N) is 1. The molecule has 1 heterocycles. The number of nitrogens with zero attached hydrogens (tertiary/aromatic N) is 1. The van der Waals surface area contributed by atoms with Crippen LogP contribution in [0.25, 0.3) is 0 Å². The Balaban J connectivity index is 2.67. The highest BCUT2D eigenvalue weighted by Crippen LogP contribution is 2.25. The normalized spacial score (nSPS) is 26.6. The Hall–Kier alpha value is -0.610. The molecule has 0 aromatic rings. The number of rotatable bonds is 6. The molecule has 3 N–H and O–H groups in total. The molecule has 1 saturated heterocycles. The standard InChI is InChI=1S/C14H29N3O/c1-5-12-8-6-7-9-17(12)11(2)10-14(3,16-4)13(15)18/h11-12,16H,5-10H2,1-4H3,(H2,15,18). The number of carbonyl (C=O) groups excluding carboxylic acids is 1. The van der Waals surface area contributed by atoms with Crippen molar-refractivity contribution in [1.29, 1.82) is 0 Å². The first-order valence-corrected chi connectivity index (χ1v) is 7.19. The number of carbonyl (C=O) groups is 1. The van der Waals surface area contributed by atoms with E-state index in [4.69, 9.17) is 5.73 Å². The summed E-state index contributed by atoms with van der Waals surface area (Å²) in [6, 6.07) is 1.06. The van der Waals surface area contributed by atoms with Gasteiger partial charge >= 0.3 is 0 Å². The van der Waals surface area contributed by atoms with Crippen molar-refractivity contribution in [2.75, 3.05) is 13.6 Å². The second kappa shape index (κ2) is 6.53. The lowest BCUT2D eigenvalue weighted by Crippen LogP contribution is -2.56. The van der Waals surface area contributed by atoms with Crippen LogP contribution in [0.3, 0.4) is 0 Å². The van der Waals surface area contributed by atoms with Gasteiger partial charge in [-0.15, -0.1) is 0 Å². The summed E-state index contributed by atoms with van der Waals surface area (Å²) in [5, 5.41) is 3.08. The molecule has 0 radical (unpaired) electrons. The molecule has 1 amide bonds. The Bertz CT molecular complexity index is 282. The average Bonchev–Trinajstić information content (AvgIpc) is 2.38. The number of likely N-dealkylation sites (tertiary alicyclic amines) is 1. The third-order valence-electron chi connectivity index (χ3n) is 4.51. The van der Waals surface area contributed by atoms with Crippen LogP contribution in [0, 0.1) is 0 Å². The van der Waals surface area contributed by atoms with Gasteiger partial charge in [0.05, 0.1) is 5.54 Å². The monoisotopic (exact) mass is 255 g/mol. The lowest BCUT2D eigenvalue weighted by Gasteiger charge is -2.42. The predicted octanol–water partition coefficient (Wildman–Crippen LogP) is 1.49. The van der Waals surface area contributed by atoms with Gasteiger partial charge in [0.15, 0.2) is 0 Å². The molecule has 1 fully saturated rings. The Morgan fingerprint density at radius 1 is 1.56 bits per heavy atom. The Morgan fingerprint density at radius 2 is 2.22 bits per heavy atom. The summed E-state index contributed by atoms with van der Waals surface area (Å²) in [6.45, 7) is 7.52. The van der Waals surface area contributed by atoms with E-state index in [2.05, 4.69) is 24.1 Å². The molecule has 0 saturated carbocycles. The third-order valence-corrected chi connectivity index (χ3v) is 4.51. The van der Waals surface area contributed by atoms with E-state index in [9.17, 15) is 4.79 Å². The van der Waals surface area contributed by atoms with Crippen molar-refractivity contribution in [3.05, 3.63) is 0 Å². The van der Waals surface area contributed by atoms with Crippen LogP contribution in [0.4, 0.5) is 0 Å². The van der Waals surface area contributed by atoms with Gasteiger partial charge in [0, 0.05) is 12.1 Å². The zero-order valence-corrected chi connectivity index (χ0v) is 12.3. The summed E-state index contributed by atoms with van der Waals surface area (Å²) in [7, 11) is 1.81. The molecule has 4 nitrogen and oxygen atoms in total. The minimum Gasteiger partial charge on any atom is -0.368 e. The molecule has 0 aromatic carbocycles. The van der Waals surface area contributed by atoms with E-state index in [1.165, 1.54) is 25.7 Å². The number of nitrogens with two attached hydrogens (primary N) is 1. The summed E-state index contributed by atoms with van der Waals surface area (Å²) in [5.41, 5.74) is 4.90. The van der Waals surface area contributed by atoms with E-state index in [1.807, 2.05) is 14.0 Å². The van der Waals surface area contributed by atoms with Crippen molar-refractivity contribution in [2.45, 2.75) is 70.5 Å². The topological polar surface area (TPSA) is 58.4 Å². The van der Waals surface area contributed by atoms with Crippen LogP contribution in [-0.2, 0) is 4.79 Å². The molecule has 0 aromatic heterocycles. The number of hydrogen-bond donors (Lipinski definition) is 2. The van der Waals surface area contributed by atoms with E-state index in [0.29, 0.717) is 12.1 Å². The van der Waals surface area contributed by atoms with Crippen LogP contribution in [0.15, 0.2) is 0 Å². The van der Waals surface area contributed by atoms with E-state index in [-0.39, 0.29) is 5.91 Å². The van der Waals surface area contributed by atoms with Gasteiger partial charge in [0.2, 0.25) is 5.91 Å². The first kappa shape index (κ1) is 15.4. The molecular weight excluding hydrogens is 226 g/mol. The summed E-state index contributed by atoms with van der Waals surface area (Å²) < 4.78 is 0. The minimum atomic E-state index is -0.602. The van der Waals surface area contributed by atoms with E-state index >= 15 is 0 Å². The molecule has 1 rings (SSSR count). The quantitative estimate of drug-likeness (QED) is 0.756. The fourth-order valence-corrected chi connectivity index (χ4v) is 3.08. The van der Waals surface area contributed by atoms with Gasteiger partial charge in [-0.25, -0.2) is 0 Å². The van der Waals surface area contributed by atoms with E-state index in [1.54, 1.807) is 0 Å². The smallest absolute Gasteiger partial charge is 0.237 e. The van der Waals surface area contributed by atoms with Crippen molar-refractivity contribution in [3.63, 3.8) is 0 Å². The average molecular weight is 255 g/mol. The molecule has 4 heteroatoms. The van der Waals surface area contributed by atoms with Crippen LogP contribution in [0.1, 0.15) is 52.9 Å². The molecular formula is C14H29N3O. The number of piperidine rings is 1. The van der Waals surface area contributed by atoms with Gasteiger partial charge in [-0.05, 0) is 53.1 Å². The van der Waals surface area contributed by atoms with Crippen molar-refractivity contribution in [1.82, 2.24) is 10.2 Å². The molecule has 18 heavy (non-hydrogen) atoms. The fourth-order valence-electron chi connectivity index (χ4n) is 3.08. The van der Waals surface area contributed by atoms with Gasteiger partial charge in [0.1, 0.15) is 0 Å². The Morgan fingerprint density at radius 3 is 2.72 bits per heavy atom. The lowest BCUT2D eigenvalue weighted by atomic mass is 9.89. The van der Waals surface area contributed by atoms with E-state index < -0.39 is 5.54 Å². The number of primary amides is 1. The second-order valence-electron chi connectivity index (χ2n) is 5.80. The van der Waals surface area contributed by atoms with E-state index in [0.717, 1.165) is 13.0 Å². The maximum atomic E-state index is 11.6. The maximum absolute atomic E-state index is 11.6. The third kappa shape index (κ3) is 3.45. The zero-order chi connectivity index (χ0) is 13.8. The first-order valence-electron chi connectivity index (χ1n) is 7.19. The van der Waals surface area contributed by atoms with Gasteiger partial charge < -0.3 is 11.1 Å². The van der Waals surface area contributed by atoms with Crippen molar-refractivity contribution >= 4 is 5.91 Å². The highest BCUT2D eigenvalue weighted by Gasteiger charge is 2.34. The Labute approximate surface area is 111 Å². The molecule has 0 spiro atoms. The Kier molecular flexibility index (Phi) is 5.60. The highest BCUT2D eigenvalue weighted by molar-refractivity contribution is 5.84. The summed E-state index contributed by atoms with van der Waals surface area (Å²) in [5.74, 6) is -0.262. The number of likely N-dealkylation sites (N-methyl/N-ethyl adjacent to an activating group) is 1. The highest BCUT2D eigenvalue weighted by atomic mass is 16.1. The summed E-state index contributed by atoms with van der Waals surface area (Å²) in [4.78, 5) is 14.1. The SMILES string of the molecule is CCC1CCCCN1C(C)CC(C)(NC)C(N)=O. The number of amides is 1. The lowest BCUT2D eigenvalue weighted by molar-refractivity contribution is -0.124. The van der Waals surface area contributed by atoms with Crippen molar-refractivity contribution in [2.24, 2.45) is 5.73 Å². The second-order valence-corrected chi connectivity index (χ2v) is 5.80. The van der Waals surface area contributed by atoms with Crippen molar-refractivity contribution in [3.8, 4) is 0 Å². The van der Waals surface area contributed by atoms with Crippen LogP contribution in [-0.4, -0.2) is 42.0 Å². The minimum absolute atomic E-state index is 0.262. The van der Waals surface area contributed by atoms with Gasteiger partial charge in [-0.3, -0.25) is 9.69 Å². The molecule has 3 atom stereocenters. The maximum Gasteiger partial charge on any atom is 0.237 e. The largest absolute Gasteiger partial charge is 0.368 e. The molecule has 0 bridgehead atoms. The van der Waals surface area contributed by atoms with Crippen LogP contribution >= 0.6 is 0 Å². The molecule has 3 unspecified atom stereocenters. The summed E-state index contributed by atoms with van der Waals surface area (Å²) >= 11 is 0. The molecule has 1 aliphatic rings. The summed E-state index contributed by atoms with van der Waals surface area (Å²) in [6.07, 6.45) is 5.86. The van der Waals surface area contributed by atoms with Crippen LogP contribution in [0.5, 0.6) is 0 Å². The van der Waals surface area contributed by atoms with Crippen molar-refractivity contribution < 1.29 is 4.79 Å². The molecule has 106 valence electrons. The predicted molar refractivity (Wildman–Crippen MR) is 75.4 cm³/mol. The fraction of sp³-hybridized carbons (Fsp3) is 0.929. The number of hydrogen-bond acceptors (Lipinski definition) is 3. The van der Waals surface area contributed by atoms with Crippen LogP contribution < -0.4 is 11.1 Å². The molecule has 0 aliphatic carbocycles. The van der Waals surface area contributed by atoms with Gasteiger partial charge in [-0.2, -0.15) is 0 Å². The molecule has 1 aliphatic heterocycles.